The Kier molecular flexibility index (Phi) is 7.42. The van der Waals surface area contributed by atoms with Crippen LogP contribution in [0.1, 0.15) is 27.5 Å². The minimum absolute atomic E-state index is 0.137. The number of carbonyl (C=O) groups is 2. The summed E-state index contributed by atoms with van der Waals surface area (Å²) < 4.78 is 16.6. The second-order valence-electron chi connectivity index (χ2n) is 7.84. The van der Waals surface area contributed by atoms with Gasteiger partial charge in [0.25, 0.3) is 0 Å². The van der Waals surface area contributed by atoms with Crippen LogP contribution < -0.4 is 20.1 Å². The number of carbonyl (C=O) groups excluding carboxylic acids is 2. The fourth-order valence-corrected chi connectivity index (χ4v) is 4.01. The van der Waals surface area contributed by atoms with E-state index in [1.807, 2.05) is 36.4 Å². The molecule has 8 heteroatoms. The third-order valence-corrected chi connectivity index (χ3v) is 5.73. The second-order valence-corrected chi connectivity index (χ2v) is 8.25. The summed E-state index contributed by atoms with van der Waals surface area (Å²) in [6.07, 6.45) is 0. The Morgan fingerprint density at radius 2 is 1.66 bits per heavy atom. The van der Waals surface area contributed by atoms with Crippen molar-refractivity contribution in [2.45, 2.75) is 12.6 Å². The SMILES string of the molecule is C=C1NC(=S)NC(c2ccc(OC(=O)c3ccccc3)c(OC)c2)C1C(=O)OCc1ccccc1. The van der Waals surface area contributed by atoms with Gasteiger partial charge < -0.3 is 24.8 Å². The number of nitrogens with one attached hydrogen (secondary N) is 2. The molecule has 2 atom stereocenters. The summed E-state index contributed by atoms with van der Waals surface area (Å²) in [6.45, 7) is 4.13. The van der Waals surface area contributed by atoms with Crippen molar-refractivity contribution >= 4 is 29.3 Å². The van der Waals surface area contributed by atoms with Crippen LogP contribution in [-0.2, 0) is 16.1 Å². The number of benzene rings is 3. The molecule has 178 valence electrons. The van der Waals surface area contributed by atoms with Gasteiger partial charge in [-0.05, 0) is 47.6 Å². The van der Waals surface area contributed by atoms with Crippen LogP contribution in [0.25, 0.3) is 0 Å². The molecule has 2 unspecified atom stereocenters. The molecule has 7 nitrogen and oxygen atoms in total. The first-order chi connectivity index (χ1) is 17.0. The topological polar surface area (TPSA) is 85.9 Å². The summed E-state index contributed by atoms with van der Waals surface area (Å²) in [5.41, 5.74) is 2.41. The number of hydrogen-bond donors (Lipinski definition) is 2. The largest absolute Gasteiger partial charge is 0.493 e. The van der Waals surface area contributed by atoms with E-state index in [2.05, 4.69) is 17.2 Å². The highest BCUT2D eigenvalue weighted by molar-refractivity contribution is 7.80. The Morgan fingerprint density at radius 1 is 0.971 bits per heavy atom. The van der Waals surface area contributed by atoms with Crippen LogP contribution in [0, 0.1) is 5.92 Å². The number of rotatable bonds is 7. The summed E-state index contributed by atoms with van der Waals surface area (Å²) in [7, 11) is 1.48. The van der Waals surface area contributed by atoms with Crippen LogP contribution in [0.2, 0.25) is 0 Å². The molecule has 1 saturated heterocycles. The molecule has 1 aliphatic heterocycles. The molecule has 3 aromatic carbocycles. The van der Waals surface area contributed by atoms with Crippen molar-refractivity contribution in [1.82, 2.24) is 10.6 Å². The van der Waals surface area contributed by atoms with Crippen LogP contribution in [0.15, 0.2) is 91.1 Å². The number of hydrogen-bond acceptors (Lipinski definition) is 6. The summed E-state index contributed by atoms with van der Waals surface area (Å²) in [6, 6.07) is 22.6. The van der Waals surface area contributed by atoms with E-state index in [0.29, 0.717) is 27.7 Å². The van der Waals surface area contributed by atoms with Gasteiger partial charge in [0.1, 0.15) is 12.5 Å². The Labute approximate surface area is 208 Å². The zero-order valence-corrected chi connectivity index (χ0v) is 19.8. The first kappa shape index (κ1) is 24.0. The molecule has 2 N–H and O–H groups in total. The highest BCUT2D eigenvalue weighted by atomic mass is 32.1. The molecule has 3 aromatic rings. The first-order valence-electron chi connectivity index (χ1n) is 10.9. The zero-order valence-electron chi connectivity index (χ0n) is 19.0. The minimum Gasteiger partial charge on any atom is -0.493 e. The van der Waals surface area contributed by atoms with E-state index in [4.69, 9.17) is 26.4 Å². The van der Waals surface area contributed by atoms with Crippen molar-refractivity contribution in [3.8, 4) is 11.5 Å². The average molecular weight is 489 g/mol. The first-order valence-corrected chi connectivity index (χ1v) is 11.3. The number of methoxy groups -OCH3 is 1. The van der Waals surface area contributed by atoms with Crippen LogP contribution >= 0.6 is 12.2 Å². The van der Waals surface area contributed by atoms with Crippen molar-refractivity contribution in [1.29, 1.82) is 0 Å². The summed E-state index contributed by atoms with van der Waals surface area (Å²) in [5, 5.41) is 6.38. The lowest BCUT2D eigenvalue weighted by Gasteiger charge is -2.35. The van der Waals surface area contributed by atoms with Gasteiger partial charge in [-0.3, -0.25) is 4.79 Å². The molecule has 4 rings (SSSR count). The van der Waals surface area contributed by atoms with Gasteiger partial charge in [-0.25, -0.2) is 4.79 Å². The van der Waals surface area contributed by atoms with E-state index in [1.54, 1.807) is 42.5 Å². The van der Waals surface area contributed by atoms with Gasteiger partial charge in [-0.1, -0.05) is 61.2 Å². The number of esters is 2. The van der Waals surface area contributed by atoms with Gasteiger partial charge in [0.2, 0.25) is 0 Å². The van der Waals surface area contributed by atoms with Gasteiger partial charge in [0.15, 0.2) is 16.6 Å². The Balaban J connectivity index is 1.56. The lowest BCUT2D eigenvalue weighted by atomic mass is 9.89. The maximum Gasteiger partial charge on any atom is 0.343 e. The van der Waals surface area contributed by atoms with Crippen LogP contribution in [-0.4, -0.2) is 24.2 Å². The van der Waals surface area contributed by atoms with Crippen molar-refractivity contribution in [2.75, 3.05) is 7.11 Å². The molecule has 0 aliphatic carbocycles. The van der Waals surface area contributed by atoms with E-state index in [1.165, 1.54) is 7.11 Å². The lowest BCUT2D eigenvalue weighted by Crippen LogP contribution is -2.50. The average Bonchev–Trinajstić information content (AvgIpc) is 2.88. The van der Waals surface area contributed by atoms with E-state index in [9.17, 15) is 9.59 Å². The van der Waals surface area contributed by atoms with Crippen molar-refractivity contribution in [3.05, 3.63) is 108 Å². The molecule has 0 spiro atoms. The van der Waals surface area contributed by atoms with Gasteiger partial charge in [0.05, 0.1) is 18.7 Å². The molecule has 35 heavy (non-hydrogen) atoms. The fourth-order valence-electron chi connectivity index (χ4n) is 3.75. The van der Waals surface area contributed by atoms with E-state index in [-0.39, 0.29) is 12.4 Å². The highest BCUT2D eigenvalue weighted by Crippen LogP contribution is 2.36. The van der Waals surface area contributed by atoms with Gasteiger partial charge in [0, 0.05) is 5.70 Å². The van der Waals surface area contributed by atoms with Gasteiger partial charge in [-0.15, -0.1) is 0 Å². The molecule has 0 aromatic heterocycles. The summed E-state index contributed by atoms with van der Waals surface area (Å²) in [5.74, 6) is -1.13. The molecular weight excluding hydrogens is 464 g/mol. The predicted molar refractivity (Wildman–Crippen MR) is 135 cm³/mol. The Hall–Kier alpha value is -4.17. The fraction of sp³-hybridized carbons (Fsp3) is 0.148. The third kappa shape index (κ3) is 5.67. The molecule has 1 fully saturated rings. The lowest BCUT2D eigenvalue weighted by molar-refractivity contribution is -0.149. The maximum absolute atomic E-state index is 13.1. The zero-order chi connectivity index (χ0) is 24.8. The number of ether oxygens (including phenoxy) is 3. The quantitative estimate of drug-likeness (QED) is 0.289. The van der Waals surface area contributed by atoms with E-state index >= 15 is 0 Å². The summed E-state index contributed by atoms with van der Waals surface area (Å²) in [4.78, 5) is 25.6. The van der Waals surface area contributed by atoms with E-state index < -0.39 is 23.9 Å². The van der Waals surface area contributed by atoms with Crippen molar-refractivity contribution < 1.29 is 23.8 Å². The van der Waals surface area contributed by atoms with Gasteiger partial charge >= 0.3 is 11.9 Å². The number of thiocarbonyl (C=S) groups is 1. The molecule has 1 aliphatic rings. The minimum atomic E-state index is -0.757. The van der Waals surface area contributed by atoms with Crippen molar-refractivity contribution in [2.24, 2.45) is 5.92 Å². The van der Waals surface area contributed by atoms with Crippen LogP contribution in [0.4, 0.5) is 0 Å². The van der Waals surface area contributed by atoms with E-state index in [0.717, 1.165) is 5.56 Å². The molecule has 1 heterocycles. The molecule has 0 amide bonds. The van der Waals surface area contributed by atoms with Crippen LogP contribution in [0.5, 0.6) is 11.5 Å². The smallest absolute Gasteiger partial charge is 0.343 e. The second kappa shape index (κ2) is 10.8. The van der Waals surface area contributed by atoms with Crippen LogP contribution in [0.3, 0.4) is 0 Å². The molecule has 0 radical (unpaired) electrons. The van der Waals surface area contributed by atoms with Crippen molar-refractivity contribution in [3.63, 3.8) is 0 Å². The highest BCUT2D eigenvalue weighted by Gasteiger charge is 2.38. The monoisotopic (exact) mass is 488 g/mol. The molecular formula is C27H24N2O5S. The molecule has 0 saturated carbocycles. The Morgan fingerprint density at radius 3 is 2.34 bits per heavy atom. The Bertz CT molecular complexity index is 1250. The standard InChI is InChI=1S/C27H24N2O5S/c1-17-23(26(31)33-16-18-9-5-3-6-10-18)24(29-27(35)28-17)20-13-14-21(22(15-20)32-2)34-25(30)19-11-7-4-8-12-19/h3-15,23-24H,1,16H2,2H3,(H2,28,29,35). The maximum atomic E-state index is 13.1. The summed E-state index contributed by atoms with van der Waals surface area (Å²) >= 11 is 5.30. The molecule has 0 bridgehead atoms. The third-order valence-electron chi connectivity index (χ3n) is 5.51. The normalized spacial score (nSPS) is 17.1. The predicted octanol–water partition coefficient (Wildman–Crippen LogP) is 4.31. The van der Waals surface area contributed by atoms with Gasteiger partial charge in [-0.2, -0.15) is 0 Å².